The lowest BCUT2D eigenvalue weighted by Gasteiger charge is -2.22. The van der Waals surface area contributed by atoms with Crippen molar-refractivity contribution < 1.29 is 18.7 Å². The zero-order chi connectivity index (χ0) is 16.2. The minimum absolute atomic E-state index is 0.00119. The third-order valence-corrected chi connectivity index (χ3v) is 3.87. The number of carbonyl (C=O) groups excluding carboxylic acids is 1. The Morgan fingerprint density at radius 1 is 1.32 bits per heavy atom. The molecule has 0 aliphatic carbocycles. The van der Waals surface area contributed by atoms with E-state index in [1.807, 2.05) is 5.38 Å². The van der Waals surface area contributed by atoms with Crippen LogP contribution in [-0.2, 0) is 12.1 Å². The molecule has 0 bridgehead atoms. The van der Waals surface area contributed by atoms with Crippen molar-refractivity contribution in [3.05, 3.63) is 57.8 Å². The molecule has 1 atom stereocenters. The fourth-order valence-electron chi connectivity index (χ4n) is 1.84. The molecule has 3 N–H and O–H groups in total. The van der Waals surface area contributed by atoms with E-state index in [0.717, 1.165) is 18.2 Å². The van der Waals surface area contributed by atoms with E-state index in [0.29, 0.717) is 5.56 Å². The number of benzene rings is 1. The normalized spacial score (nSPS) is 13.5. The van der Waals surface area contributed by atoms with E-state index in [4.69, 9.17) is 0 Å². The summed E-state index contributed by atoms with van der Waals surface area (Å²) in [5, 5.41) is 18.8. The third-order valence-electron chi connectivity index (χ3n) is 3.18. The second kappa shape index (κ2) is 6.85. The number of urea groups is 1. The van der Waals surface area contributed by atoms with Gasteiger partial charge >= 0.3 is 6.03 Å². The molecule has 0 aliphatic rings. The Hall–Kier alpha value is -1.99. The van der Waals surface area contributed by atoms with Crippen molar-refractivity contribution >= 4 is 17.4 Å². The van der Waals surface area contributed by atoms with Crippen LogP contribution >= 0.6 is 11.3 Å². The number of aliphatic hydroxyl groups is 1. The first kappa shape index (κ1) is 16.4. The third kappa shape index (κ3) is 4.25. The monoisotopic (exact) mass is 326 g/mol. The highest BCUT2D eigenvalue weighted by atomic mass is 32.1. The van der Waals surface area contributed by atoms with E-state index < -0.39 is 23.3 Å². The minimum Gasteiger partial charge on any atom is -0.384 e. The molecule has 0 fully saturated rings. The molecule has 2 rings (SSSR count). The van der Waals surface area contributed by atoms with E-state index >= 15 is 0 Å². The summed E-state index contributed by atoms with van der Waals surface area (Å²) in [5.41, 5.74) is -0.435. The van der Waals surface area contributed by atoms with Gasteiger partial charge in [-0.2, -0.15) is 11.3 Å². The lowest BCUT2D eigenvalue weighted by molar-refractivity contribution is 0.0598. The lowest BCUT2D eigenvalue weighted by atomic mass is 9.99. The van der Waals surface area contributed by atoms with Gasteiger partial charge in [0.25, 0.3) is 0 Å². The van der Waals surface area contributed by atoms with Gasteiger partial charge in [-0.1, -0.05) is 0 Å². The van der Waals surface area contributed by atoms with Gasteiger partial charge in [-0.25, -0.2) is 13.6 Å². The predicted molar refractivity (Wildman–Crippen MR) is 80.5 cm³/mol. The van der Waals surface area contributed by atoms with Gasteiger partial charge in [0, 0.05) is 12.1 Å². The summed E-state index contributed by atoms with van der Waals surface area (Å²) in [6.45, 7) is 1.44. The molecule has 0 radical (unpaired) electrons. The van der Waals surface area contributed by atoms with Crippen LogP contribution in [0.3, 0.4) is 0 Å². The highest BCUT2D eigenvalue weighted by molar-refractivity contribution is 7.08. The molecule has 118 valence electrons. The topological polar surface area (TPSA) is 61.4 Å². The van der Waals surface area contributed by atoms with Gasteiger partial charge in [0.2, 0.25) is 0 Å². The van der Waals surface area contributed by atoms with Crippen LogP contribution in [0.15, 0.2) is 35.0 Å². The second-order valence-electron chi connectivity index (χ2n) is 5.06. The maximum atomic E-state index is 13.4. The Labute approximate surface area is 130 Å². The van der Waals surface area contributed by atoms with Crippen LogP contribution < -0.4 is 10.6 Å². The number of amides is 2. The summed E-state index contributed by atoms with van der Waals surface area (Å²) >= 11 is 1.45. The molecule has 1 aromatic heterocycles. The van der Waals surface area contributed by atoms with E-state index in [-0.39, 0.29) is 18.7 Å². The Morgan fingerprint density at radius 3 is 2.77 bits per heavy atom. The average Bonchev–Trinajstić information content (AvgIpc) is 3.01. The summed E-state index contributed by atoms with van der Waals surface area (Å²) in [5.74, 6) is -1.16. The molecule has 4 nitrogen and oxygen atoms in total. The van der Waals surface area contributed by atoms with Gasteiger partial charge in [0.15, 0.2) is 0 Å². The van der Waals surface area contributed by atoms with E-state index in [1.54, 1.807) is 18.4 Å². The molecule has 2 amide bonds. The summed E-state index contributed by atoms with van der Waals surface area (Å²) in [6.07, 6.45) is 0. The number of thiophene rings is 1. The van der Waals surface area contributed by atoms with Crippen molar-refractivity contribution in [2.24, 2.45) is 0 Å². The maximum absolute atomic E-state index is 13.4. The average molecular weight is 326 g/mol. The zero-order valence-corrected chi connectivity index (χ0v) is 12.7. The fourth-order valence-corrected chi connectivity index (χ4v) is 2.62. The largest absolute Gasteiger partial charge is 0.384 e. The van der Waals surface area contributed by atoms with Crippen molar-refractivity contribution in [2.45, 2.75) is 19.1 Å². The van der Waals surface area contributed by atoms with Crippen molar-refractivity contribution in [3.8, 4) is 0 Å². The highest BCUT2D eigenvalue weighted by Crippen LogP contribution is 2.21. The molecular weight excluding hydrogens is 310 g/mol. The first-order valence-electron chi connectivity index (χ1n) is 6.59. The molecular formula is C15H16F2N2O2S. The van der Waals surface area contributed by atoms with E-state index in [9.17, 15) is 18.7 Å². The van der Waals surface area contributed by atoms with Crippen LogP contribution in [-0.4, -0.2) is 17.7 Å². The smallest absolute Gasteiger partial charge is 0.315 e. The van der Waals surface area contributed by atoms with Gasteiger partial charge in [-0.3, -0.25) is 0 Å². The number of carbonyl (C=O) groups is 1. The molecule has 7 heteroatoms. The quantitative estimate of drug-likeness (QED) is 0.791. The van der Waals surface area contributed by atoms with Gasteiger partial charge in [-0.15, -0.1) is 0 Å². The van der Waals surface area contributed by atoms with Crippen LogP contribution in [0.2, 0.25) is 0 Å². The molecule has 0 aliphatic heterocycles. The molecule has 0 spiro atoms. The molecule has 22 heavy (non-hydrogen) atoms. The first-order chi connectivity index (χ1) is 10.4. The Morgan fingerprint density at radius 2 is 2.09 bits per heavy atom. The van der Waals surface area contributed by atoms with Gasteiger partial charge < -0.3 is 15.7 Å². The second-order valence-corrected chi connectivity index (χ2v) is 5.84. The number of nitrogens with one attached hydrogen (secondary N) is 2. The van der Waals surface area contributed by atoms with Crippen LogP contribution in [0.1, 0.15) is 18.1 Å². The van der Waals surface area contributed by atoms with Crippen molar-refractivity contribution in [3.63, 3.8) is 0 Å². The highest BCUT2D eigenvalue weighted by Gasteiger charge is 2.24. The molecule has 1 unspecified atom stereocenters. The van der Waals surface area contributed by atoms with Crippen LogP contribution in [0.5, 0.6) is 0 Å². The van der Waals surface area contributed by atoms with Crippen LogP contribution in [0.4, 0.5) is 13.6 Å². The van der Waals surface area contributed by atoms with Gasteiger partial charge in [-0.05, 0) is 47.5 Å². The standard InChI is InChI=1S/C15H16F2N2O2S/c1-15(21,11-4-5-22-8-11)9-19-14(20)18-7-10-6-12(16)2-3-13(10)17/h2-6,8,21H,7,9H2,1H3,(H2,18,19,20). The molecule has 0 saturated carbocycles. The lowest BCUT2D eigenvalue weighted by Crippen LogP contribution is -2.43. The first-order valence-corrected chi connectivity index (χ1v) is 7.53. The number of rotatable bonds is 5. The fraction of sp³-hybridized carbons (Fsp3) is 0.267. The van der Waals surface area contributed by atoms with Gasteiger partial charge in [0.1, 0.15) is 17.2 Å². The molecule has 0 saturated heterocycles. The SMILES string of the molecule is CC(O)(CNC(=O)NCc1cc(F)ccc1F)c1ccsc1. The maximum Gasteiger partial charge on any atom is 0.315 e. The molecule has 1 heterocycles. The number of hydrogen-bond acceptors (Lipinski definition) is 3. The van der Waals surface area contributed by atoms with Crippen LogP contribution in [0.25, 0.3) is 0 Å². The minimum atomic E-state index is -1.19. The number of halogens is 2. The Balaban J connectivity index is 1.85. The predicted octanol–water partition coefficient (Wildman–Crippen LogP) is 2.73. The van der Waals surface area contributed by atoms with E-state index in [2.05, 4.69) is 10.6 Å². The Bertz CT molecular complexity index is 645. The van der Waals surface area contributed by atoms with Crippen molar-refractivity contribution in [1.82, 2.24) is 10.6 Å². The molecule has 1 aromatic carbocycles. The molecule has 2 aromatic rings. The zero-order valence-electron chi connectivity index (χ0n) is 11.9. The van der Waals surface area contributed by atoms with Crippen LogP contribution in [0, 0.1) is 11.6 Å². The van der Waals surface area contributed by atoms with Crippen molar-refractivity contribution in [2.75, 3.05) is 6.54 Å². The summed E-state index contributed by atoms with van der Waals surface area (Å²) in [4.78, 5) is 11.7. The summed E-state index contributed by atoms with van der Waals surface area (Å²) in [7, 11) is 0. The summed E-state index contributed by atoms with van der Waals surface area (Å²) < 4.78 is 26.4. The van der Waals surface area contributed by atoms with E-state index in [1.165, 1.54) is 11.3 Å². The van der Waals surface area contributed by atoms with Gasteiger partial charge in [0.05, 0.1) is 6.54 Å². The number of hydrogen-bond donors (Lipinski definition) is 3. The van der Waals surface area contributed by atoms with Crippen molar-refractivity contribution in [1.29, 1.82) is 0 Å². The summed E-state index contributed by atoms with van der Waals surface area (Å²) in [6, 6.07) is 4.24. The Kier molecular flexibility index (Phi) is 5.10.